The summed E-state index contributed by atoms with van der Waals surface area (Å²) in [7, 11) is 0. The van der Waals surface area contributed by atoms with Crippen molar-refractivity contribution in [1.82, 2.24) is 4.98 Å². The summed E-state index contributed by atoms with van der Waals surface area (Å²) in [5.41, 5.74) is 5.13. The number of hydrogen-bond acceptors (Lipinski definition) is 7. The van der Waals surface area contributed by atoms with Crippen molar-refractivity contribution in [3.8, 4) is 0 Å². The monoisotopic (exact) mass is 490 g/mol. The number of hydrogen-bond donors (Lipinski definition) is 3. The van der Waals surface area contributed by atoms with Gasteiger partial charge in [0.05, 0.1) is 17.3 Å². The summed E-state index contributed by atoms with van der Waals surface area (Å²) in [5.74, 6) is -1.05. The summed E-state index contributed by atoms with van der Waals surface area (Å²) in [6, 6.07) is 7.05. The number of aromatic nitrogens is 1. The number of nitrogens with zero attached hydrogens (tertiary/aromatic N) is 2. The normalized spacial score (nSPS) is 26.8. The second kappa shape index (κ2) is 8.69. The largest absolute Gasteiger partial charge is 0.414 e. The van der Waals surface area contributed by atoms with Gasteiger partial charge in [0.15, 0.2) is 17.5 Å². The highest BCUT2D eigenvalue weighted by Crippen LogP contribution is 2.49. The van der Waals surface area contributed by atoms with E-state index >= 15 is 0 Å². The third-order valence-electron chi connectivity index (χ3n) is 5.55. The topological polar surface area (TPSA) is 92.8 Å². The Morgan fingerprint density at radius 3 is 2.78 bits per heavy atom. The highest BCUT2D eigenvalue weighted by molar-refractivity contribution is 8.13. The number of thioether (sulfide) groups is 1. The first-order valence-electron chi connectivity index (χ1n) is 9.61. The van der Waals surface area contributed by atoms with Crippen LogP contribution in [0.15, 0.2) is 41.5 Å². The number of aliphatic hydroxyl groups is 1. The van der Waals surface area contributed by atoms with E-state index < -0.39 is 42.4 Å². The van der Waals surface area contributed by atoms with E-state index in [-0.39, 0.29) is 28.6 Å². The molecule has 2 aromatic rings. The summed E-state index contributed by atoms with van der Waals surface area (Å²) in [6.45, 7) is -0.467. The highest BCUT2D eigenvalue weighted by atomic mass is 35.5. The van der Waals surface area contributed by atoms with Crippen LogP contribution in [-0.4, -0.2) is 39.9 Å². The van der Waals surface area contributed by atoms with E-state index in [4.69, 9.17) is 22.1 Å². The third-order valence-corrected chi connectivity index (χ3v) is 6.73. The zero-order valence-electron chi connectivity index (χ0n) is 16.4. The summed E-state index contributed by atoms with van der Waals surface area (Å²) < 4.78 is 59.9. The van der Waals surface area contributed by atoms with Gasteiger partial charge in [-0.1, -0.05) is 23.4 Å². The maximum Gasteiger partial charge on any atom is 0.414 e. The number of rotatable bonds is 4. The molecule has 0 spiro atoms. The molecule has 4 rings (SSSR count). The number of nitrogens with one attached hydrogen (secondary N) is 1. The number of benzene rings is 1. The van der Waals surface area contributed by atoms with Crippen molar-refractivity contribution in [2.24, 2.45) is 16.6 Å². The van der Waals surface area contributed by atoms with Gasteiger partial charge in [-0.25, -0.2) is 9.38 Å². The Bertz CT molecular complexity index is 1020. The number of anilines is 1. The first-order chi connectivity index (χ1) is 15.1. The molecule has 172 valence electrons. The fourth-order valence-corrected chi connectivity index (χ4v) is 5.05. The number of aliphatic hydroxyl groups excluding tert-OH is 1. The zero-order chi connectivity index (χ0) is 23.1. The number of pyridine rings is 1. The van der Waals surface area contributed by atoms with Gasteiger partial charge >= 0.3 is 6.18 Å². The minimum atomic E-state index is -4.53. The Hall–Kier alpha value is -2.08. The maximum absolute atomic E-state index is 15.0. The molecule has 1 unspecified atom stereocenters. The van der Waals surface area contributed by atoms with E-state index in [0.717, 1.165) is 17.8 Å². The SMILES string of the molecule is NC1=N[C@@]2(c3cc(NC(O)c4ccc(Cl)cn4)ccc3F)CO[C@@H](C(F)(F)F)C[C@H]2CS1. The first kappa shape index (κ1) is 23.1. The minimum Gasteiger partial charge on any atom is -0.379 e. The molecular formula is C20H19ClF4N4O2S. The summed E-state index contributed by atoms with van der Waals surface area (Å²) >= 11 is 6.94. The molecule has 0 amide bonds. The molecule has 4 N–H and O–H groups in total. The molecular weight excluding hydrogens is 472 g/mol. The lowest BCUT2D eigenvalue weighted by molar-refractivity contribution is -0.245. The summed E-state index contributed by atoms with van der Waals surface area (Å²) in [6.07, 6.45) is -6.69. The lowest BCUT2D eigenvalue weighted by atomic mass is 9.74. The molecule has 1 fully saturated rings. The Labute approximate surface area is 190 Å². The molecule has 0 radical (unpaired) electrons. The van der Waals surface area contributed by atoms with E-state index in [2.05, 4.69) is 15.3 Å². The van der Waals surface area contributed by atoms with E-state index in [1.807, 2.05) is 0 Å². The van der Waals surface area contributed by atoms with Crippen LogP contribution in [0.2, 0.25) is 5.02 Å². The van der Waals surface area contributed by atoms with Gasteiger partial charge in [0, 0.05) is 29.1 Å². The van der Waals surface area contributed by atoms with Crippen molar-refractivity contribution < 1.29 is 27.4 Å². The average Bonchev–Trinajstić information content (AvgIpc) is 2.74. The number of ether oxygens (including phenoxy) is 1. The van der Waals surface area contributed by atoms with Crippen molar-refractivity contribution in [2.45, 2.75) is 30.5 Å². The molecule has 0 aliphatic carbocycles. The number of fused-ring (bicyclic) bond motifs is 1. The van der Waals surface area contributed by atoms with Crippen LogP contribution in [0.3, 0.4) is 0 Å². The first-order valence-corrected chi connectivity index (χ1v) is 11.0. The number of halogens is 5. The predicted molar refractivity (Wildman–Crippen MR) is 114 cm³/mol. The quantitative estimate of drug-likeness (QED) is 0.439. The lowest BCUT2D eigenvalue weighted by Crippen LogP contribution is -2.53. The molecule has 6 nitrogen and oxygen atoms in total. The maximum atomic E-state index is 15.0. The molecule has 1 saturated heterocycles. The number of amidine groups is 1. The van der Waals surface area contributed by atoms with Crippen LogP contribution in [0.4, 0.5) is 23.2 Å². The van der Waals surface area contributed by atoms with Crippen LogP contribution >= 0.6 is 23.4 Å². The van der Waals surface area contributed by atoms with Crippen LogP contribution in [0.5, 0.6) is 0 Å². The van der Waals surface area contributed by atoms with Crippen LogP contribution < -0.4 is 11.1 Å². The second-order valence-corrected chi connectivity index (χ2v) is 9.08. The molecule has 1 aromatic heterocycles. The molecule has 0 saturated carbocycles. The molecule has 12 heteroatoms. The Morgan fingerprint density at radius 1 is 1.31 bits per heavy atom. The Morgan fingerprint density at radius 2 is 2.09 bits per heavy atom. The van der Waals surface area contributed by atoms with Gasteiger partial charge in [-0.05, 0) is 36.8 Å². The predicted octanol–water partition coefficient (Wildman–Crippen LogP) is 4.20. The fraction of sp³-hybridized carbons (Fsp3) is 0.400. The van der Waals surface area contributed by atoms with Crippen LogP contribution in [0, 0.1) is 11.7 Å². The van der Waals surface area contributed by atoms with Crippen molar-refractivity contribution in [1.29, 1.82) is 0 Å². The van der Waals surface area contributed by atoms with Gasteiger partial charge in [0.1, 0.15) is 11.4 Å². The fourth-order valence-electron chi connectivity index (χ4n) is 3.92. The summed E-state index contributed by atoms with van der Waals surface area (Å²) in [5, 5.41) is 13.8. The van der Waals surface area contributed by atoms with Crippen LogP contribution in [0.1, 0.15) is 23.9 Å². The molecule has 4 atom stereocenters. The van der Waals surface area contributed by atoms with Crippen LogP contribution in [-0.2, 0) is 10.3 Å². The number of aliphatic imine (C=N–C) groups is 1. The Kier molecular flexibility index (Phi) is 6.27. The molecule has 2 aliphatic heterocycles. The van der Waals surface area contributed by atoms with Crippen LogP contribution in [0.25, 0.3) is 0 Å². The molecule has 0 bridgehead atoms. The zero-order valence-corrected chi connectivity index (χ0v) is 18.0. The third kappa shape index (κ3) is 4.52. The van der Waals surface area contributed by atoms with E-state index in [0.29, 0.717) is 10.7 Å². The lowest BCUT2D eigenvalue weighted by Gasteiger charge is -2.46. The molecule has 1 aromatic carbocycles. The van der Waals surface area contributed by atoms with Gasteiger partial charge < -0.3 is 20.9 Å². The van der Waals surface area contributed by atoms with Crippen molar-refractivity contribution in [3.05, 3.63) is 58.6 Å². The van der Waals surface area contributed by atoms with Crippen molar-refractivity contribution >= 4 is 34.2 Å². The molecule has 3 heterocycles. The Balaban J connectivity index is 1.66. The van der Waals surface area contributed by atoms with Crippen molar-refractivity contribution in [2.75, 3.05) is 17.7 Å². The average molecular weight is 491 g/mol. The van der Waals surface area contributed by atoms with Gasteiger partial charge in [-0.3, -0.25) is 4.98 Å². The van der Waals surface area contributed by atoms with Crippen molar-refractivity contribution in [3.63, 3.8) is 0 Å². The van der Waals surface area contributed by atoms with Gasteiger partial charge in [0.2, 0.25) is 0 Å². The van der Waals surface area contributed by atoms with Gasteiger partial charge in [0.25, 0.3) is 0 Å². The van der Waals surface area contributed by atoms with Gasteiger partial charge in [-0.15, -0.1) is 0 Å². The standard InChI is InChI=1S/C20H19ClF4N4O2S/c21-11-1-4-15(27-7-11)17(30)28-12-2-3-14(22)13(6-12)19-9-31-16(20(23,24)25)5-10(19)8-32-18(26)29-19/h1-4,6-7,10,16-17,28,30H,5,8-9H2,(H2,26,29)/t10-,16+,17?,19-/m0/s1. The number of alkyl halides is 3. The molecule has 32 heavy (non-hydrogen) atoms. The number of nitrogens with two attached hydrogens (primary N) is 1. The van der Waals surface area contributed by atoms with E-state index in [9.17, 15) is 22.7 Å². The molecule has 2 aliphatic rings. The smallest absolute Gasteiger partial charge is 0.379 e. The van der Waals surface area contributed by atoms with E-state index in [1.165, 1.54) is 24.4 Å². The second-order valence-electron chi connectivity index (χ2n) is 7.60. The van der Waals surface area contributed by atoms with E-state index in [1.54, 1.807) is 6.07 Å². The summed E-state index contributed by atoms with van der Waals surface area (Å²) in [4.78, 5) is 8.40. The highest BCUT2D eigenvalue weighted by Gasteiger charge is 2.55. The minimum absolute atomic E-state index is 0.0487. The van der Waals surface area contributed by atoms with Gasteiger partial charge in [-0.2, -0.15) is 13.2 Å².